The van der Waals surface area contributed by atoms with Gasteiger partial charge in [0.1, 0.15) is 6.26 Å². The number of hydrogen-bond donors (Lipinski definition) is 0. The molecule has 1 amide bonds. The first-order valence-electron chi connectivity index (χ1n) is 12.7. The number of piperidine rings is 1. The third-order valence-corrected chi connectivity index (χ3v) is 8.54. The summed E-state index contributed by atoms with van der Waals surface area (Å²) in [5.74, 6) is 0.788. The number of amides is 1. The van der Waals surface area contributed by atoms with E-state index in [-0.39, 0.29) is 11.9 Å². The number of carbonyl (C=O) groups excluding carboxylic acids is 1. The van der Waals surface area contributed by atoms with Crippen LogP contribution in [0.3, 0.4) is 0 Å². The van der Waals surface area contributed by atoms with E-state index in [2.05, 4.69) is 63.3 Å². The van der Waals surface area contributed by atoms with Gasteiger partial charge in [0.2, 0.25) is 5.91 Å². The average molecular weight is 464 g/mol. The number of para-hydroxylation sites is 1. The molecule has 176 valence electrons. The molecule has 2 unspecified atom stereocenters. The molecule has 1 saturated heterocycles. The minimum Gasteiger partial charge on any atom is -0.449 e. The number of rotatable bonds is 4. The van der Waals surface area contributed by atoms with E-state index in [0.717, 1.165) is 43.6 Å². The number of hydrogen-bond acceptors (Lipinski definition) is 4. The van der Waals surface area contributed by atoms with E-state index in [9.17, 15) is 4.79 Å². The van der Waals surface area contributed by atoms with E-state index in [0.29, 0.717) is 18.4 Å². The minimum absolute atomic E-state index is 0.174. The van der Waals surface area contributed by atoms with Crippen molar-refractivity contribution in [1.29, 1.82) is 0 Å². The molecule has 3 heterocycles. The summed E-state index contributed by atoms with van der Waals surface area (Å²) in [4.78, 5) is 23.0. The highest BCUT2D eigenvalue weighted by atomic mass is 16.3. The number of aromatic nitrogens is 1. The predicted octanol–water partition coefficient (Wildman–Crippen LogP) is 5.44. The minimum atomic E-state index is -0.651. The molecule has 0 radical (unpaired) electrons. The van der Waals surface area contributed by atoms with Gasteiger partial charge in [0.05, 0.1) is 11.6 Å². The van der Waals surface area contributed by atoms with E-state index >= 15 is 0 Å². The Morgan fingerprint density at radius 1 is 1.03 bits per heavy atom. The normalized spacial score (nSPS) is 24.4. The second-order valence-electron chi connectivity index (χ2n) is 10.5. The van der Waals surface area contributed by atoms with Gasteiger partial charge in [-0.25, -0.2) is 4.98 Å². The van der Waals surface area contributed by atoms with Crippen LogP contribution >= 0.6 is 0 Å². The molecule has 5 heteroatoms. The van der Waals surface area contributed by atoms with Gasteiger partial charge in [0.15, 0.2) is 5.89 Å². The summed E-state index contributed by atoms with van der Waals surface area (Å²) in [6.45, 7) is 4.05. The van der Waals surface area contributed by atoms with Crippen LogP contribution in [0.4, 0.5) is 5.69 Å². The Kier molecular flexibility index (Phi) is 4.65. The summed E-state index contributed by atoms with van der Waals surface area (Å²) in [5.41, 5.74) is 4.43. The molecule has 3 aliphatic rings. The first-order chi connectivity index (χ1) is 17.1. The van der Waals surface area contributed by atoms with Crippen LogP contribution in [-0.4, -0.2) is 34.9 Å². The molecule has 4 aromatic rings. The number of benzene rings is 3. The van der Waals surface area contributed by atoms with Crippen LogP contribution in [0.1, 0.15) is 48.4 Å². The summed E-state index contributed by atoms with van der Waals surface area (Å²) >= 11 is 0. The number of nitrogens with zero attached hydrogens (tertiary/aromatic N) is 3. The summed E-state index contributed by atoms with van der Waals surface area (Å²) in [7, 11) is 0. The zero-order valence-corrected chi connectivity index (χ0v) is 20.0. The average Bonchev–Trinajstić information content (AvgIpc) is 3.58. The van der Waals surface area contributed by atoms with E-state index in [1.54, 1.807) is 12.5 Å². The fourth-order valence-electron chi connectivity index (χ4n) is 6.81. The molecule has 1 fully saturated rings. The largest absolute Gasteiger partial charge is 0.449 e. The maximum absolute atomic E-state index is 14.0. The SMILES string of the molecule is CC1(Cc2ncco2)C(=O)N(C2CCN(C3Cc4cccc5cccc3c45)CC2)c2ccccc21. The molecule has 1 aliphatic carbocycles. The lowest BCUT2D eigenvalue weighted by Gasteiger charge is -2.40. The molecule has 5 nitrogen and oxygen atoms in total. The molecular weight excluding hydrogens is 434 g/mol. The Morgan fingerprint density at radius 3 is 2.63 bits per heavy atom. The zero-order chi connectivity index (χ0) is 23.6. The van der Waals surface area contributed by atoms with Crippen molar-refractivity contribution in [3.8, 4) is 0 Å². The number of oxazole rings is 1. The number of likely N-dealkylation sites (tertiary alicyclic amines) is 1. The molecule has 0 bridgehead atoms. The highest BCUT2D eigenvalue weighted by Crippen LogP contribution is 2.47. The first kappa shape index (κ1) is 20.9. The molecular formula is C30H29N3O2. The van der Waals surface area contributed by atoms with Crippen molar-refractivity contribution < 1.29 is 9.21 Å². The predicted molar refractivity (Wildman–Crippen MR) is 136 cm³/mol. The van der Waals surface area contributed by atoms with Crippen molar-refractivity contribution in [2.45, 2.75) is 50.1 Å². The van der Waals surface area contributed by atoms with Crippen molar-refractivity contribution >= 4 is 22.4 Å². The summed E-state index contributed by atoms with van der Waals surface area (Å²) in [6, 6.07) is 22.4. The lowest BCUT2D eigenvalue weighted by atomic mass is 9.80. The first-order valence-corrected chi connectivity index (χ1v) is 12.7. The fraction of sp³-hybridized carbons (Fsp3) is 0.333. The van der Waals surface area contributed by atoms with Gasteiger partial charge in [0.25, 0.3) is 0 Å². The highest BCUT2D eigenvalue weighted by Gasteiger charge is 2.50. The maximum Gasteiger partial charge on any atom is 0.238 e. The van der Waals surface area contributed by atoms with E-state index in [4.69, 9.17) is 4.42 Å². The van der Waals surface area contributed by atoms with Crippen molar-refractivity contribution in [2.75, 3.05) is 18.0 Å². The fourth-order valence-corrected chi connectivity index (χ4v) is 6.81. The molecule has 7 rings (SSSR count). The van der Waals surface area contributed by atoms with Crippen LogP contribution in [0.5, 0.6) is 0 Å². The number of fused-ring (bicyclic) bond motifs is 1. The summed E-state index contributed by atoms with van der Waals surface area (Å²) in [5, 5.41) is 2.80. The van der Waals surface area contributed by atoms with Crippen molar-refractivity contribution in [3.63, 3.8) is 0 Å². The van der Waals surface area contributed by atoms with Crippen LogP contribution in [0.15, 0.2) is 77.5 Å². The van der Waals surface area contributed by atoms with Gasteiger partial charge >= 0.3 is 0 Å². The molecule has 35 heavy (non-hydrogen) atoms. The topological polar surface area (TPSA) is 49.6 Å². The standard InChI is InChI=1S/C30H29N3O2/c1-30(19-27-31-14-17-35-27)24-10-2-3-11-25(24)33(29(30)34)22-12-15-32(16-13-22)26-18-21-8-4-6-20-7-5-9-23(26)28(20)21/h2-11,14,17,22,26H,12-13,15-16,18-19H2,1H3. The molecule has 2 aliphatic heterocycles. The third-order valence-electron chi connectivity index (χ3n) is 8.54. The Morgan fingerprint density at radius 2 is 1.83 bits per heavy atom. The summed E-state index contributed by atoms with van der Waals surface area (Å²) in [6.07, 6.45) is 6.77. The molecule has 0 spiro atoms. The lowest BCUT2D eigenvalue weighted by molar-refractivity contribution is -0.123. The van der Waals surface area contributed by atoms with Crippen molar-refractivity contribution in [1.82, 2.24) is 9.88 Å². The van der Waals surface area contributed by atoms with E-state index in [1.165, 1.54) is 21.9 Å². The molecule has 2 atom stereocenters. The molecule has 0 N–H and O–H groups in total. The Labute approximate surface area is 205 Å². The van der Waals surface area contributed by atoms with Crippen LogP contribution in [0, 0.1) is 0 Å². The van der Waals surface area contributed by atoms with Crippen molar-refractivity contribution in [3.05, 3.63) is 95.7 Å². The second-order valence-corrected chi connectivity index (χ2v) is 10.5. The smallest absolute Gasteiger partial charge is 0.238 e. The quantitative estimate of drug-likeness (QED) is 0.405. The van der Waals surface area contributed by atoms with E-state index in [1.807, 2.05) is 19.1 Å². The maximum atomic E-state index is 14.0. The molecule has 3 aromatic carbocycles. The Bertz CT molecular complexity index is 1420. The van der Waals surface area contributed by atoms with Crippen LogP contribution in [0.2, 0.25) is 0 Å². The molecule has 1 aromatic heterocycles. The number of carbonyl (C=O) groups is 1. The van der Waals surface area contributed by atoms with Gasteiger partial charge in [-0.1, -0.05) is 54.6 Å². The highest BCUT2D eigenvalue weighted by molar-refractivity contribution is 6.08. The number of anilines is 1. The van der Waals surface area contributed by atoms with Crippen molar-refractivity contribution in [2.24, 2.45) is 0 Å². The second kappa shape index (κ2) is 7.79. The van der Waals surface area contributed by atoms with E-state index < -0.39 is 5.41 Å². The van der Waals surface area contributed by atoms with Gasteiger partial charge in [-0.05, 0) is 59.7 Å². The van der Waals surface area contributed by atoms with Crippen LogP contribution < -0.4 is 4.90 Å². The molecule has 0 saturated carbocycles. The Balaban J connectivity index is 1.13. The summed E-state index contributed by atoms with van der Waals surface area (Å²) < 4.78 is 5.54. The van der Waals surface area contributed by atoms with Gasteiger partial charge in [-0.15, -0.1) is 0 Å². The monoisotopic (exact) mass is 463 g/mol. The zero-order valence-electron chi connectivity index (χ0n) is 20.0. The third kappa shape index (κ3) is 3.11. The van der Waals surface area contributed by atoms with Gasteiger partial charge in [-0.2, -0.15) is 0 Å². The Hall–Kier alpha value is -3.44. The van der Waals surface area contributed by atoms with Gasteiger partial charge in [-0.3, -0.25) is 9.69 Å². The lowest BCUT2D eigenvalue weighted by Crippen LogP contribution is -2.50. The van der Waals surface area contributed by atoms with Gasteiger partial charge in [0, 0.05) is 37.3 Å². The van der Waals surface area contributed by atoms with Crippen LogP contribution in [0.25, 0.3) is 10.8 Å². The van der Waals surface area contributed by atoms with Crippen LogP contribution in [-0.2, 0) is 23.1 Å². The van der Waals surface area contributed by atoms with Gasteiger partial charge < -0.3 is 9.32 Å².